The minimum absolute atomic E-state index is 0.0705. The van der Waals surface area contributed by atoms with Gasteiger partial charge in [-0.3, -0.25) is 9.59 Å². The third-order valence-corrected chi connectivity index (χ3v) is 5.48. The lowest BCUT2D eigenvalue weighted by molar-refractivity contribution is -0.139. The third-order valence-electron chi connectivity index (χ3n) is 5.48. The number of aliphatic hydroxyl groups excluding tert-OH is 1. The first-order valence-electron chi connectivity index (χ1n) is 11.3. The van der Waals surface area contributed by atoms with Gasteiger partial charge in [0.2, 0.25) is 0 Å². The molecule has 0 bridgehead atoms. The van der Waals surface area contributed by atoms with Gasteiger partial charge in [0.25, 0.3) is 11.7 Å². The molecule has 0 aromatic heterocycles. The standard InChI is InChI=1S/C26H32N2O5/c1-5-32-19-13-14-20(21(17-19)33-6-2)24(29)22-23(18-11-8-7-9-12-18)28(26(31)25(22)30)16-10-15-27(3)4/h7-9,11-14,17,23,29H,5-6,10,15-16H2,1-4H3/b24-22-. The van der Waals surface area contributed by atoms with Gasteiger partial charge in [0.1, 0.15) is 17.3 Å². The number of Topliss-reactive ketones (excluding diaryl/α,β-unsaturated/α-hetero) is 1. The number of ketones is 1. The Morgan fingerprint density at radius 1 is 1.03 bits per heavy atom. The quantitative estimate of drug-likeness (QED) is 0.335. The van der Waals surface area contributed by atoms with Crippen molar-refractivity contribution in [1.29, 1.82) is 0 Å². The van der Waals surface area contributed by atoms with Crippen molar-refractivity contribution in [3.8, 4) is 11.5 Å². The lowest BCUT2D eigenvalue weighted by Gasteiger charge is -2.26. The maximum atomic E-state index is 13.2. The molecule has 1 aliphatic rings. The zero-order chi connectivity index (χ0) is 24.0. The van der Waals surface area contributed by atoms with Crippen LogP contribution in [0.4, 0.5) is 0 Å². The Balaban J connectivity index is 2.11. The molecule has 1 N–H and O–H groups in total. The molecule has 1 aliphatic heterocycles. The topological polar surface area (TPSA) is 79.3 Å². The van der Waals surface area contributed by atoms with E-state index in [9.17, 15) is 14.7 Å². The Morgan fingerprint density at radius 3 is 2.36 bits per heavy atom. The first-order valence-corrected chi connectivity index (χ1v) is 11.3. The summed E-state index contributed by atoms with van der Waals surface area (Å²) in [6.45, 7) is 5.76. The molecule has 0 radical (unpaired) electrons. The molecule has 3 rings (SSSR count). The molecular weight excluding hydrogens is 420 g/mol. The van der Waals surface area contributed by atoms with Crippen molar-refractivity contribution in [3.63, 3.8) is 0 Å². The van der Waals surface area contributed by atoms with Gasteiger partial charge in [-0.1, -0.05) is 30.3 Å². The van der Waals surface area contributed by atoms with Crippen molar-refractivity contribution < 1.29 is 24.2 Å². The molecule has 1 heterocycles. The molecule has 33 heavy (non-hydrogen) atoms. The molecule has 0 aliphatic carbocycles. The molecule has 1 fully saturated rings. The van der Waals surface area contributed by atoms with Gasteiger partial charge >= 0.3 is 0 Å². The summed E-state index contributed by atoms with van der Waals surface area (Å²) in [6, 6.07) is 13.7. The SMILES string of the molecule is CCOc1ccc(/C(O)=C2/C(=O)C(=O)N(CCCN(C)C)C2c2ccccc2)c(OCC)c1. The monoisotopic (exact) mass is 452 g/mol. The van der Waals surface area contributed by atoms with Crippen LogP contribution in [0.5, 0.6) is 11.5 Å². The Kier molecular flexibility index (Phi) is 8.11. The highest BCUT2D eigenvalue weighted by Crippen LogP contribution is 2.41. The minimum atomic E-state index is -0.692. The van der Waals surface area contributed by atoms with E-state index >= 15 is 0 Å². The molecule has 176 valence electrons. The second-order valence-corrected chi connectivity index (χ2v) is 8.08. The number of likely N-dealkylation sites (tertiary alicyclic amines) is 1. The van der Waals surface area contributed by atoms with Gasteiger partial charge in [-0.05, 0) is 58.6 Å². The molecule has 7 heteroatoms. The number of aliphatic hydroxyl groups is 1. The Morgan fingerprint density at radius 2 is 1.73 bits per heavy atom. The van der Waals surface area contributed by atoms with E-state index in [4.69, 9.17) is 9.47 Å². The van der Waals surface area contributed by atoms with Gasteiger partial charge in [-0.2, -0.15) is 0 Å². The molecule has 1 saturated heterocycles. The van der Waals surface area contributed by atoms with Crippen molar-refractivity contribution in [2.24, 2.45) is 0 Å². The van der Waals surface area contributed by atoms with Crippen LogP contribution in [0.25, 0.3) is 5.76 Å². The first-order chi connectivity index (χ1) is 15.9. The summed E-state index contributed by atoms with van der Waals surface area (Å²) in [4.78, 5) is 29.8. The highest BCUT2D eigenvalue weighted by Gasteiger charge is 2.46. The number of hydrogen-bond acceptors (Lipinski definition) is 6. The number of carbonyl (C=O) groups is 2. The largest absolute Gasteiger partial charge is 0.507 e. The fourth-order valence-electron chi connectivity index (χ4n) is 4.02. The van der Waals surface area contributed by atoms with Crippen LogP contribution < -0.4 is 9.47 Å². The summed E-state index contributed by atoms with van der Waals surface area (Å²) in [5.41, 5.74) is 1.20. The number of benzene rings is 2. The zero-order valence-corrected chi connectivity index (χ0v) is 19.7. The van der Waals surface area contributed by atoms with Gasteiger partial charge in [0.15, 0.2) is 0 Å². The minimum Gasteiger partial charge on any atom is -0.507 e. The van der Waals surface area contributed by atoms with E-state index in [0.29, 0.717) is 43.2 Å². The summed E-state index contributed by atoms with van der Waals surface area (Å²) in [7, 11) is 3.92. The van der Waals surface area contributed by atoms with Crippen molar-refractivity contribution >= 4 is 17.4 Å². The van der Waals surface area contributed by atoms with Crippen LogP contribution in [0.1, 0.15) is 37.4 Å². The molecule has 1 unspecified atom stereocenters. The van der Waals surface area contributed by atoms with Gasteiger partial charge in [-0.25, -0.2) is 0 Å². The van der Waals surface area contributed by atoms with E-state index in [0.717, 1.165) is 12.1 Å². The molecule has 1 amide bonds. The van der Waals surface area contributed by atoms with Crippen molar-refractivity contribution in [1.82, 2.24) is 9.80 Å². The number of carbonyl (C=O) groups excluding carboxylic acids is 2. The van der Waals surface area contributed by atoms with E-state index in [1.165, 1.54) is 0 Å². The number of rotatable bonds is 10. The second-order valence-electron chi connectivity index (χ2n) is 8.08. The zero-order valence-electron chi connectivity index (χ0n) is 19.7. The van der Waals surface area contributed by atoms with Crippen molar-refractivity contribution in [2.75, 3.05) is 40.4 Å². The van der Waals surface area contributed by atoms with Crippen LogP contribution in [0.3, 0.4) is 0 Å². The molecule has 0 spiro atoms. The second kappa shape index (κ2) is 11.0. The van der Waals surface area contributed by atoms with E-state index in [1.54, 1.807) is 23.1 Å². The van der Waals surface area contributed by atoms with Crippen molar-refractivity contribution in [3.05, 3.63) is 65.2 Å². The fraction of sp³-hybridized carbons (Fsp3) is 0.385. The van der Waals surface area contributed by atoms with Crippen LogP contribution in [0.15, 0.2) is 54.1 Å². The van der Waals surface area contributed by atoms with Gasteiger partial charge in [0.05, 0.1) is 30.4 Å². The van der Waals surface area contributed by atoms with Crippen LogP contribution in [-0.2, 0) is 9.59 Å². The predicted molar refractivity (Wildman–Crippen MR) is 127 cm³/mol. The van der Waals surface area contributed by atoms with E-state index in [-0.39, 0.29) is 11.3 Å². The lowest BCUT2D eigenvalue weighted by Crippen LogP contribution is -2.32. The Labute approximate surface area is 195 Å². The van der Waals surface area contributed by atoms with Crippen LogP contribution in [0, 0.1) is 0 Å². The van der Waals surface area contributed by atoms with Crippen LogP contribution in [-0.4, -0.2) is 67.0 Å². The number of nitrogens with zero attached hydrogens (tertiary/aromatic N) is 2. The molecular formula is C26H32N2O5. The highest BCUT2D eigenvalue weighted by atomic mass is 16.5. The van der Waals surface area contributed by atoms with Crippen molar-refractivity contribution in [2.45, 2.75) is 26.3 Å². The molecule has 2 aromatic rings. The van der Waals surface area contributed by atoms with E-state index in [2.05, 4.69) is 0 Å². The lowest BCUT2D eigenvalue weighted by atomic mass is 9.95. The smallest absolute Gasteiger partial charge is 0.295 e. The summed E-state index contributed by atoms with van der Waals surface area (Å²) < 4.78 is 11.3. The maximum absolute atomic E-state index is 13.2. The Bertz CT molecular complexity index is 1020. The number of hydrogen-bond donors (Lipinski definition) is 1. The summed E-state index contributed by atoms with van der Waals surface area (Å²) >= 11 is 0. The summed E-state index contributed by atoms with van der Waals surface area (Å²) in [5.74, 6) is -0.549. The molecule has 2 aromatic carbocycles. The fourth-order valence-corrected chi connectivity index (χ4v) is 4.02. The molecule has 7 nitrogen and oxygen atoms in total. The van der Waals surface area contributed by atoms with Gasteiger partial charge in [-0.15, -0.1) is 0 Å². The predicted octanol–water partition coefficient (Wildman–Crippen LogP) is 3.86. The van der Waals surface area contributed by atoms with Crippen LogP contribution in [0.2, 0.25) is 0 Å². The van der Waals surface area contributed by atoms with E-state index in [1.807, 2.05) is 63.2 Å². The first kappa shape index (κ1) is 24.3. The van der Waals surface area contributed by atoms with Crippen LogP contribution >= 0.6 is 0 Å². The normalized spacial score (nSPS) is 17.6. The maximum Gasteiger partial charge on any atom is 0.295 e. The highest BCUT2D eigenvalue weighted by molar-refractivity contribution is 6.46. The molecule has 1 atom stereocenters. The molecule has 0 saturated carbocycles. The van der Waals surface area contributed by atoms with E-state index < -0.39 is 17.7 Å². The van der Waals surface area contributed by atoms with Gasteiger partial charge < -0.3 is 24.4 Å². The number of ether oxygens (including phenoxy) is 2. The summed E-state index contributed by atoms with van der Waals surface area (Å²) in [6.07, 6.45) is 0.705. The summed E-state index contributed by atoms with van der Waals surface area (Å²) in [5, 5.41) is 11.4. The average Bonchev–Trinajstić information content (AvgIpc) is 3.05. The van der Waals surface area contributed by atoms with Gasteiger partial charge in [0, 0.05) is 12.6 Å². The number of amides is 1. The Hall–Kier alpha value is -3.32. The average molecular weight is 453 g/mol. The third kappa shape index (κ3) is 5.37.